The molecule has 350 valence electrons. The highest BCUT2D eigenvalue weighted by molar-refractivity contribution is 4.61. The molecule has 0 spiro atoms. The molecule has 0 aliphatic carbocycles. The van der Waals surface area contributed by atoms with Crippen molar-refractivity contribution in [2.45, 2.75) is 244 Å². The largest absolute Gasteiger partial charge is 0.389 e. The van der Waals surface area contributed by atoms with E-state index in [1.165, 1.54) is 53.4 Å². The first-order valence-corrected chi connectivity index (χ1v) is 21.3. The lowest BCUT2D eigenvalue weighted by Gasteiger charge is -2.12. The molecule has 0 rings (SSSR count). The Bertz CT molecular complexity index is 624. The first-order valence-electron chi connectivity index (χ1n) is 22.8. The van der Waals surface area contributed by atoms with E-state index >= 15 is 0 Å². The van der Waals surface area contributed by atoms with Crippen molar-refractivity contribution in [1.82, 2.24) is 0 Å². The number of alkyl halides is 8. The van der Waals surface area contributed by atoms with Crippen LogP contribution in [0.2, 0.25) is 0 Å². The molecule has 55 heavy (non-hydrogen) atoms. The molecule has 0 bridgehead atoms. The van der Waals surface area contributed by atoms with E-state index in [9.17, 15) is 35.1 Å². The third-order valence-electron chi connectivity index (χ3n) is 5.33. The van der Waals surface area contributed by atoms with Crippen molar-refractivity contribution in [3.8, 4) is 0 Å². The van der Waals surface area contributed by atoms with Gasteiger partial charge in [-0.2, -0.15) is 13.2 Å². The van der Waals surface area contributed by atoms with E-state index in [-0.39, 0.29) is 30.8 Å². The summed E-state index contributed by atoms with van der Waals surface area (Å²) in [6, 6.07) is 0. The van der Waals surface area contributed by atoms with Crippen molar-refractivity contribution in [2.75, 3.05) is 6.67 Å². The molecule has 0 unspecified atom stereocenters. The Labute approximate surface area is 348 Å². The lowest BCUT2D eigenvalue weighted by molar-refractivity contribution is -0.137. The Morgan fingerprint density at radius 1 is 0.473 bits per heavy atom. The van der Waals surface area contributed by atoms with Crippen LogP contribution in [0.25, 0.3) is 0 Å². The van der Waals surface area contributed by atoms with Crippen molar-refractivity contribution in [2.24, 2.45) is 59.2 Å². The average molecular weight is 826 g/mol. The predicted octanol–water partition coefficient (Wildman–Crippen LogP) is 20.3. The molecule has 0 radical (unpaired) electrons. The van der Waals surface area contributed by atoms with Crippen LogP contribution >= 0.6 is 0 Å². The second-order valence-corrected chi connectivity index (χ2v) is 18.2. The molecule has 0 aromatic heterocycles. The van der Waals surface area contributed by atoms with E-state index < -0.39 is 43.6 Å². The van der Waals surface area contributed by atoms with Crippen molar-refractivity contribution in [1.29, 1.82) is 0 Å². The van der Waals surface area contributed by atoms with E-state index in [4.69, 9.17) is 4.11 Å². The quantitative estimate of drug-likeness (QED) is 0.203. The van der Waals surface area contributed by atoms with Crippen LogP contribution in [0.4, 0.5) is 35.1 Å². The molecule has 0 saturated carbocycles. The summed E-state index contributed by atoms with van der Waals surface area (Å²) in [5, 5.41) is 0. The van der Waals surface area contributed by atoms with Crippen LogP contribution in [0, 0.1) is 59.2 Å². The third kappa shape index (κ3) is 237. The predicted molar refractivity (Wildman–Crippen MR) is 239 cm³/mol. The van der Waals surface area contributed by atoms with Gasteiger partial charge in [-0.1, -0.05) is 206 Å². The van der Waals surface area contributed by atoms with Gasteiger partial charge in [-0.25, -0.2) is 17.6 Å². The smallest absolute Gasteiger partial charge is 0.251 e. The fraction of sp³-hybridized carbons (Fsp3) is 1.00. The fourth-order valence-corrected chi connectivity index (χ4v) is 1.03. The van der Waals surface area contributed by atoms with Gasteiger partial charge in [0.2, 0.25) is 12.3 Å². The lowest BCUT2D eigenvalue weighted by Crippen LogP contribution is -2.17. The average Bonchev–Trinajstić information content (AvgIpc) is 3.00. The Balaban J connectivity index is -0.0000000557. The van der Waals surface area contributed by atoms with Gasteiger partial charge in [-0.15, -0.1) is 0 Å². The second kappa shape index (κ2) is 55.5. The first-order chi connectivity index (χ1) is 25.5. The summed E-state index contributed by atoms with van der Waals surface area (Å²) in [7, 11) is 0. The summed E-state index contributed by atoms with van der Waals surface area (Å²) in [5.41, 5.74) is 0. The number of hydrogen-bond acceptors (Lipinski definition) is 0. The van der Waals surface area contributed by atoms with Crippen LogP contribution < -0.4 is 0 Å². The summed E-state index contributed by atoms with van der Waals surface area (Å²) >= 11 is 0. The van der Waals surface area contributed by atoms with Crippen molar-refractivity contribution in [3.63, 3.8) is 0 Å². The van der Waals surface area contributed by atoms with Crippen LogP contribution in [-0.2, 0) is 0 Å². The topological polar surface area (TPSA) is 0 Å². The summed E-state index contributed by atoms with van der Waals surface area (Å²) in [5.74, 6) is 0.978. The van der Waals surface area contributed by atoms with Crippen LogP contribution in [0.1, 0.15) is 230 Å². The summed E-state index contributed by atoms with van der Waals surface area (Å²) in [4.78, 5) is 0. The number of halogens is 8. The molecule has 0 saturated heterocycles. The standard InChI is InChI=1S/C6H11F3.C6H14.C5H10F2.2C5H12.C4H8F2.C4H9F.3C4H10/c1-5(2)3-4-6(7,8)9;1-4-5-6(2)3;1-4(2)5(3,6)7;2*1-4-5(2)3;1-3(2)4(5)6;1-4(2)3-5;3*1-4(2)3/h5H,3-4H2,1-2H3;6H,4-5H2,1-3H3;4H,1-3H3;2*5H,4H2,1-3H3;3-4H,1-2H3;4H,3H2,1-2H3;3*4H,1-3H3/i;;;;;;;1D3;;. The van der Waals surface area contributed by atoms with Crippen LogP contribution in [0.3, 0.4) is 0 Å². The minimum absolute atomic E-state index is 0.145. The van der Waals surface area contributed by atoms with Gasteiger partial charge in [0.25, 0.3) is 0 Å². The van der Waals surface area contributed by atoms with Crippen molar-refractivity contribution >= 4 is 0 Å². The minimum Gasteiger partial charge on any atom is -0.251 e. The molecule has 0 nitrogen and oxygen atoms in total. The van der Waals surface area contributed by atoms with Gasteiger partial charge in [0, 0.05) is 22.4 Å². The summed E-state index contributed by atoms with van der Waals surface area (Å²) < 4.78 is 112. The van der Waals surface area contributed by atoms with E-state index in [1.807, 2.05) is 13.8 Å². The monoisotopic (exact) mass is 826 g/mol. The SMILES string of the molecule is CC(C)C.CC(C)C.CC(C)C(C)(F)F.CC(C)C(F)F.CC(C)CCC(F)(F)F.CC(C)CF.CCC(C)C.CCC(C)C.CCCC(C)C.[2H]C([2H])([2H])C(C)C. The Hall–Kier alpha value is -0.560. The normalized spacial score (nSPS) is 11.6. The summed E-state index contributed by atoms with van der Waals surface area (Å²) in [6.45, 7) is 48.6. The lowest BCUT2D eigenvalue weighted by atomic mass is 10.1. The number of rotatable bonds is 9. The molecule has 0 aliphatic rings. The third-order valence-corrected chi connectivity index (χ3v) is 5.33. The van der Waals surface area contributed by atoms with E-state index in [0.717, 1.165) is 36.5 Å². The zero-order valence-electron chi connectivity index (χ0n) is 44.8. The van der Waals surface area contributed by atoms with Gasteiger partial charge < -0.3 is 0 Å². The first kappa shape index (κ1) is 69.1. The van der Waals surface area contributed by atoms with E-state index in [1.54, 1.807) is 27.7 Å². The Morgan fingerprint density at radius 3 is 0.691 bits per heavy atom. The molecule has 0 fully saturated rings. The van der Waals surface area contributed by atoms with Crippen molar-refractivity contribution < 1.29 is 39.2 Å². The Kier molecular flexibility index (Phi) is 69.8. The number of hydrogen-bond donors (Lipinski definition) is 0. The molecule has 8 heteroatoms. The Morgan fingerprint density at radius 2 is 0.673 bits per heavy atom. The molecule has 0 amide bonds. The molecule has 0 N–H and O–H groups in total. The maximum Gasteiger partial charge on any atom is 0.389 e. The summed E-state index contributed by atoms with van der Waals surface area (Å²) in [6.07, 6.45) is -1.21. The maximum atomic E-state index is 11.8. The van der Waals surface area contributed by atoms with Gasteiger partial charge in [0.15, 0.2) is 0 Å². The molecule has 0 atom stereocenters. The van der Waals surface area contributed by atoms with Crippen LogP contribution in [0.5, 0.6) is 0 Å². The highest BCUT2D eigenvalue weighted by Gasteiger charge is 2.26. The molecular formula is C47H106F8. The van der Waals surface area contributed by atoms with Gasteiger partial charge in [0.1, 0.15) is 0 Å². The van der Waals surface area contributed by atoms with Gasteiger partial charge in [-0.3, -0.25) is 4.39 Å². The zero-order chi connectivity index (χ0) is 49.8. The van der Waals surface area contributed by atoms with Gasteiger partial charge in [0.05, 0.1) is 6.67 Å². The fourth-order valence-electron chi connectivity index (χ4n) is 1.03. The van der Waals surface area contributed by atoms with Crippen LogP contribution in [0.15, 0.2) is 0 Å². The van der Waals surface area contributed by atoms with Crippen molar-refractivity contribution in [3.05, 3.63) is 0 Å². The van der Waals surface area contributed by atoms with Gasteiger partial charge in [-0.05, 0) is 60.7 Å². The molecule has 0 aliphatic heterocycles. The highest BCUT2D eigenvalue weighted by atomic mass is 19.4. The molecule has 0 aromatic rings. The zero-order valence-corrected chi connectivity index (χ0v) is 41.8. The highest BCUT2D eigenvalue weighted by Crippen LogP contribution is 2.23. The maximum absolute atomic E-state index is 11.8. The van der Waals surface area contributed by atoms with Crippen LogP contribution in [-0.4, -0.2) is 25.2 Å². The minimum atomic E-state index is -3.97. The molecule has 0 heterocycles. The van der Waals surface area contributed by atoms with Gasteiger partial charge >= 0.3 is 6.18 Å². The molecule has 0 aromatic carbocycles. The van der Waals surface area contributed by atoms with E-state index in [0.29, 0.717) is 0 Å². The second-order valence-electron chi connectivity index (χ2n) is 18.2. The van der Waals surface area contributed by atoms with E-state index in [2.05, 4.69) is 104 Å². The molecular weight excluding hydrogens is 717 g/mol.